The van der Waals surface area contributed by atoms with Crippen molar-refractivity contribution >= 4 is 51.0 Å². The number of hydrogen-bond donors (Lipinski definition) is 4. The van der Waals surface area contributed by atoms with Crippen LogP contribution in [0.4, 0.5) is 17.6 Å². The van der Waals surface area contributed by atoms with Crippen molar-refractivity contribution in [1.29, 1.82) is 0 Å². The van der Waals surface area contributed by atoms with Crippen LogP contribution < -0.4 is 15.8 Å². The summed E-state index contributed by atoms with van der Waals surface area (Å²) in [5, 5.41) is 18.1. The normalized spacial score (nSPS) is 14.3. The molecule has 0 saturated carbocycles. The first-order valence-electron chi connectivity index (χ1n) is 10.9. The van der Waals surface area contributed by atoms with E-state index in [9.17, 15) is 4.79 Å². The fraction of sp³-hybridized carbons (Fsp3) is 0.217. The van der Waals surface area contributed by atoms with Crippen LogP contribution in [0.15, 0.2) is 47.3 Å². The molecule has 5 aromatic rings. The predicted octanol–water partition coefficient (Wildman–Crippen LogP) is 4.58. The Morgan fingerprint density at radius 2 is 1.79 bits per heavy atom. The quantitative estimate of drug-likeness (QED) is 0.312. The van der Waals surface area contributed by atoms with Crippen LogP contribution in [0.5, 0.6) is 0 Å². The first-order chi connectivity index (χ1) is 16.2. The Bertz CT molecular complexity index is 1530. The molecule has 33 heavy (non-hydrogen) atoms. The lowest BCUT2D eigenvalue weighted by molar-refractivity contribution is 0.573. The summed E-state index contributed by atoms with van der Waals surface area (Å²) in [4.78, 5) is 24.0. The van der Waals surface area contributed by atoms with Crippen LogP contribution in [-0.4, -0.2) is 43.5 Å². The van der Waals surface area contributed by atoms with Gasteiger partial charge in [0.15, 0.2) is 5.82 Å². The van der Waals surface area contributed by atoms with Gasteiger partial charge in [-0.2, -0.15) is 10.1 Å². The monoisotopic (exact) mass is 460 g/mol. The molecule has 0 aliphatic carbocycles. The molecule has 0 amide bonds. The predicted molar refractivity (Wildman–Crippen MR) is 130 cm³/mol. The maximum absolute atomic E-state index is 12.2. The summed E-state index contributed by atoms with van der Waals surface area (Å²) in [7, 11) is 0. The van der Waals surface area contributed by atoms with Crippen LogP contribution in [-0.2, 0) is 0 Å². The minimum atomic E-state index is -0.199. The third kappa shape index (κ3) is 3.60. The number of benzene rings is 2. The third-order valence-corrected chi connectivity index (χ3v) is 6.34. The fourth-order valence-electron chi connectivity index (χ4n) is 4.33. The van der Waals surface area contributed by atoms with Gasteiger partial charge in [0.1, 0.15) is 5.82 Å². The number of anilines is 3. The van der Waals surface area contributed by atoms with Crippen molar-refractivity contribution in [3.05, 3.63) is 57.8 Å². The lowest BCUT2D eigenvalue weighted by atomic mass is 10.1. The Morgan fingerprint density at radius 3 is 2.67 bits per heavy atom. The highest BCUT2D eigenvalue weighted by Gasteiger charge is 2.18. The Hall–Kier alpha value is -3.85. The number of aromatic amines is 3. The van der Waals surface area contributed by atoms with Crippen LogP contribution in [0.3, 0.4) is 0 Å². The maximum Gasteiger partial charge on any atom is 0.271 e. The van der Waals surface area contributed by atoms with E-state index in [0.717, 1.165) is 42.7 Å². The summed E-state index contributed by atoms with van der Waals surface area (Å²) in [6.07, 6.45) is 3.46. The molecule has 1 aliphatic heterocycles. The molecule has 9 nitrogen and oxygen atoms in total. The van der Waals surface area contributed by atoms with Crippen molar-refractivity contribution in [2.75, 3.05) is 23.3 Å². The molecule has 10 heteroatoms. The average Bonchev–Trinajstić information content (AvgIpc) is 3.42. The molecule has 0 bridgehead atoms. The number of nitrogens with zero attached hydrogens (tertiary/aromatic N) is 4. The molecule has 4 N–H and O–H groups in total. The van der Waals surface area contributed by atoms with Gasteiger partial charge in [0.05, 0.1) is 27.1 Å². The minimum Gasteiger partial charge on any atom is -0.356 e. The summed E-state index contributed by atoms with van der Waals surface area (Å²) in [5.74, 6) is 1.89. The second kappa shape index (κ2) is 7.93. The SMILES string of the molecule is O=c1[nH][nH]c2cc(Cl)c(-c3cc(N4CCCCC4)nc(Nc4n[nH]c5ccccc45)n3)cc12. The summed E-state index contributed by atoms with van der Waals surface area (Å²) < 4.78 is 0. The van der Waals surface area contributed by atoms with Gasteiger partial charge < -0.3 is 10.2 Å². The van der Waals surface area contributed by atoms with Gasteiger partial charge >= 0.3 is 0 Å². The van der Waals surface area contributed by atoms with E-state index in [1.165, 1.54) is 6.42 Å². The summed E-state index contributed by atoms with van der Waals surface area (Å²) >= 11 is 6.61. The van der Waals surface area contributed by atoms with Crippen LogP contribution in [0.1, 0.15) is 19.3 Å². The minimum absolute atomic E-state index is 0.199. The number of aromatic nitrogens is 6. The number of hydrogen-bond acceptors (Lipinski definition) is 6. The number of para-hydroxylation sites is 1. The maximum atomic E-state index is 12.2. The van der Waals surface area contributed by atoms with Crippen LogP contribution in [0.2, 0.25) is 5.02 Å². The van der Waals surface area contributed by atoms with Crippen molar-refractivity contribution < 1.29 is 0 Å². The number of halogens is 1. The number of nitrogens with one attached hydrogen (secondary N) is 4. The zero-order valence-electron chi connectivity index (χ0n) is 17.7. The van der Waals surface area contributed by atoms with Gasteiger partial charge in [-0.1, -0.05) is 23.7 Å². The number of fused-ring (bicyclic) bond motifs is 2. The molecule has 0 radical (unpaired) electrons. The van der Waals surface area contributed by atoms with Gasteiger partial charge in [-0.05, 0) is 43.5 Å². The summed E-state index contributed by atoms with van der Waals surface area (Å²) in [6.45, 7) is 1.87. The van der Waals surface area contributed by atoms with Gasteiger partial charge in [0.2, 0.25) is 5.95 Å². The van der Waals surface area contributed by atoms with Crippen LogP contribution in [0, 0.1) is 0 Å². The number of H-pyrrole nitrogens is 3. The third-order valence-electron chi connectivity index (χ3n) is 6.03. The molecule has 1 saturated heterocycles. The zero-order chi connectivity index (χ0) is 22.4. The van der Waals surface area contributed by atoms with E-state index < -0.39 is 0 Å². The molecule has 0 spiro atoms. The first-order valence-corrected chi connectivity index (χ1v) is 11.3. The molecule has 0 unspecified atom stereocenters. The van der Waals surface area contributed by atoms with E-state index in [4.69, 9.17) is 21.6 Å². The Balaban J connectivity index is 1.48. The van der Waals surface area contributed by atoms with Crippen LogP contribution >= 0.6 is 11.6 Å². The fourth-order valence-corrected chi connectivity index (χ4v) is 4.59. The van der Waals surface area contributed by atoms with Gasteiger partial charge in [-0.15, -0.1) is 0 Å². The van der Waals surface area contributed by atoms with E-state index in [1.54, 1.807) is 12.1 Å². The molecule has 0 atom stereocenters. The van der Waals surface area contributed by atoms with E-state index in [2.05, 4.69) is 30.6 Å². The second-order valence-electron chi connectivity index (χ2n) is 8.18. The van der Waals surface area contributed by atoms with E-state index in [1.807, 2.05) is 30.3 Å². The topological polar surface area (TPSA) is 118 Å². The largest absolute Gasteiger partial charge is 0.356 e. The highest BCUT2D eigenvalue weighted by Crippen LogP contribution is 2.33. The van der Waals surface area contributed by atoms with Crippen molar-refractivity contribution in [3.63, 3.8) is 0 Å². The number of piperidine rings is 1. The Kier molecular flexibility index (Phi) is 4.76. The van der Waals surface area contributed by atoms with Crippen molar-refractivity contribution in [1.82, 2.24) is 30.4 Å². The zero-order valence-corrected chi connectivity index (χ0v) is 18.4. The molecule has 166 valence electrons. The number of rotatable bonds is 4. The molecular weight excluding hydrogens is 440 g/mol. The van der Waals surface area contributed by atoms with Gasteiger partial charge in [-0.25, -0.2) is 4.98 Å². The first kappa shape index (κ1) is 19.8. The smallest absolute Gasteiger partial charge is 0.271 e. The second-order valence-corrected chi connectivity index (χ2v) is 8.59. The molecule has 2 aromatic carbocycles. The van der Waals surface area contributed by atoms with E-state index in [-0.39, 0.29) is 5.56 Å². The molecular formula is C23H21ClN8O. The Morgan fingerprint density at radius 1 is 0.939 bits per heavy atom. The summed E-state index contributed by atoms with van der Waals surface area (Å²) in [6, 6.07) is 13.3. The molecule has 6 rings (SSSR count). The molecule has 1 aliphatic rings. The lowest BCUT2D eigenvalue weighted by Crippen LogP contribution is -2.30. The standard InChI is InChI=1S/C23H21ClN8O/c24-16-11-19-15(22(33)31-29-19)10-14(16)18-12-20(32-8-4-1-5-9-32)26-23(25-18)27-21-13-6-2-3-7-17(13)28-30-21/h2-3,6-7,10-12H,1,4-5,8-9H2,(H2,29,31,33)(H2,25,26,27,28,30). The lowest BCUT2D eigenvalue weighted by Gasteiger charge is -2.28. The van der Waals surface area contributed by atoms with E-state index >= 15 is 0 Å². The molecule has 1 fully saturated rings. The van der Waals surface area contributed by atoms with Crippen molar-refractivity contribution in [2.24, 2.45) is 0 Å². The van der Waals surface area contributed by atoms with Gasteiger partial charge in [0, 0.05) is 30.1 Å². The highest BCUT2D eigenvalue weighted by molar-refractivity contribution is 6.34. The van der Waals surface area contributed by atoms with E-state index in [0.29, 0.717) is 38.9 Å². The van der Waals surface area contributed by atoms with Gasteiger partial charge in [-0.3, -0.25) is 20.1 Å². The van der Waals surface area contributed by atoms with Gasteiger partial charge in [0.25, 0.3) is 5.56 Å². The average molecular weight is 461 g/mol. The van der Waals surface area contributed by atoms with Crippen LogP contribution in [0.25, 0.3) is 33.1 Å². The summed E-state index contributed by atoms with van der Waals surface area (Å²) in [5.41, 5.74) is 2.69. The highest BCUT2D eigenvalue weighted by atomic mass is 35.5. The molecule has 3 aromatic heterocycles. The molecule has 4 heterocycles. The van der Waals surface area contributed by atoms with Crippen molar-refractivity contribution in [2.45, 2.75) is 19.3 Å². The van der Waals surface area contributed by atoms with Crippen molar-refractivity contribution in [3.8, 4) is 11.3 Å². The Labute approximate surface area is 193 Å².